The van der Waals surface area contributed by atoms with Crippen molar-refractivity contribution in [2.24, 2.45) is 0 Å². The van der Waals surface area contributed by atoms with Gasteiger partial charge in [0.1, 0.15) is 5.82 Å². The SMILES string of the molecule is C=[C]c1ccc(F)c(C2CC2)c1. The normalized spacial score (nSPS) is 16.1. The van der Waals surface area contributed by atoms with Crippen LogP contribution >= 0.6 is 0 Å². The number of hydrogen-bond acceptors (Lipinski definition) is 0. The first-order chi connectivity index (χ1) is 5.81. The summed E-state index contributed by atoms with van der Waals surface area (Å²) in [6, 6.07) is 5.05. The minimum Gasteiger partial charge on any atom is -0.207 e. The molecule has 0 nitrogen and oxygen atoms in total. The van der Waals surface area contributed by atoms with Gasteiger partial charge < -0.3 is 0 Å². The molecule has 0 spiro atoms. The zero-order valence-electron chi connectivity index (χ0n) is 6.81. The highest BCUT2D eigenvalue weighted by Crippen LogP contribution is 2.41. The van der Waals surface area contributed by atoms with Gasteiger partial charge in [-0.15, -0.1) is 0 Å². The topological polar surface area (TPSA) is 0 Å². The van der Waals surface area contributed by atoms with Gasteiger partial charge in [-0.1, -0.05) is 12.6 Å². The molecule has 1 aromatic carbocycles. The minimum absolute atomic E-state index is 0.0866. The highest BCUT2D eigenvalue weighted by molar-refractivity contribution is 5.33. The monoisotopic (exact) mass is 161 g/mol. The second kappa shape index (κ2) is 2.74. The van der Waals surface area contributed by atoms with Gasteiger partial charge in [0.15, 0.2) is 0 Å². The van der Waals surface area contributed by atoms with Gasteiger partial charge in [0.25, 0.3) is 0 Å². The van der Waals surface area contributed by atoms with Gasteiger partial charge in [0, 0.05) is 0 Å². The van der Waals surface area contributed by atoms with E-state index >= 15 is 0 Å². The molecule has 1 aliphatic rings. The molecule has 1 fully saturated rings. The average molecular weight is 161 g/mol. The minimum atomic E-state index is -0.0866. The lowest BCUT2D eigenvalue weighted by Gasteiger charge is -2.01. The zero-order valence-corrected chi connectivity index (χ0v) is 6.81. The summed E-state index contributed by atoms with van der Waals surface area (Å²) in [7, 11) is 0. The van der Waals surface area contributed by atoms with E-state index in [0.717, 1.165) is 24.0 Å². The molecule has 1 saturated carbocycles. The van der Waals surface area contributed by atoms with Crippen LogP contribution < -0.4 is 0 Å². The molecule has 0 aliphatic heterocycles. The van der Waals surface area contributed by atoms with Gasteiger partial charge >= 0.3 is 0 Å². The van der Waals surface area contributed by atoms with Crippen LogP contribution in [0.25, 0.3) is 0 Å². The predicted molar refractivity (Wildman–Crippen MR) is 46.3 cm³/mol. The summed E-state index contributed by atoms with van der Waals surface area (Å²) in [4.78, 5) is 0. The van der Waals surface area contributed by atoms with E-state index in [1.807, 2.05) is 6.07 Å². The molecule has 0 bridgehead atoms. The number of hydrogen-bond donors (Lipinski definition) is 0. The summed E-state index contributed by atoms with van der Waals surface area (Å²) >= 11 is 0. The van der Waals surface area contributed by atoms with Crippen molar-refractivity contribution in [1.29, 1.82) is 0 Å². The maximum atomic E-state index is 13.1. The lowest BCUT2D eigenvalue weighted by atomic mass is 10.1. The standard InChI is InChI=1S/C11H10F/c1-2-8-3-6-11(12)10(7-8)9-4-5-9/h3,6-7,9H,1,4-5H2. The van der Waals surface area contributed by atoms with Crippen molar-refractivity contribution in [1.82, 2.24) is 0 Å². The fourth-order valence-corrected chi connectivity index (χ4v) is 1.36. The molecule has 2 rings (SSSR count). The third-order valence-corrected chi connectivity index (χ3v) is 2.22. The summed E-state index contributed by atoms with van der Waals surface area (Å²) in [5, 5.41) is 0. The first-order valence-corrected chi connectivity index (χ1v) is 4.14. The molecule has 1 aliphatic carbocycles. The van der Waals surface area contributed by atoms with Crippen molar-refractivity contribution in [3.05, 3.63) is 47.8 Å². The largest absolute Gasteiger partial charge is 0.207 e. The average Bonchev–Trinajstić information content (AvgIpc) is 2.88. The highest BCUT2D eigenvalue weighted by atomic mass is 19.1. The summed E-state index contributed by atoms with van der Waals surface area (Å²) in [5.41, 5.74) is 1.72. The van der Waals surface area contributed by atoms with Crippen molar-refractivity contribution in [3.8, 4) is 0 Å². The van der Waals surface area contributed by atoms with E-state index in [1.54, 1.807) is 6.07 Å². The van der Waals surface area contributed by atoms with Crippen molar-refractivity contribution < 1.29 is 4.39 Å². The first kappa shape index (κ1) is 7.53. The number of halogens is 1. The van der Waals surface area contributed by atoms with Crippen LogP contribution in [0.4, 0.5) is 4.39 Å². The third kappa shape index (κ3) is 1.27. The van der Waals surface area contributed by atoms with Gasteiger partial charge in [-0.3, -0.25) is 0 Å². The smallest absolute Gasteiger partial charge is 0.126 e. The molecule has 12 heavy (non-hydrogen) atoms. The van der Waals surface area contributed by atoms with Crippen molar-refractivity contribution in [2.75, 3.05) is 0 Å². The zero-order chi connectivity index (χ0) is 8.55. The van der Waals surface area contributed by atoms with Crippen LogP contribution in [-0.4, -0.2) is 0 Å². The van der Waals surface area contributed by atoms with Crippen molar-refractivity contribution >= 4 is 0 Å². The van der Waals surface area contributed by atoms with Crippen LogP contribution in [0.3, 0.4) is 0 Å². The quantitative estimate of drug-likeness (QED) is 0.625. The summed E-state index contributed by atoms with van der Waals surface area (Å²) in [6.45, 7) is 3.53. The number of benzene rings is 1. The molecule has 0 N–H and O–H groups in total. The molecule has 1 heteroatoms. The highest BCUT2D eigenvalue weighted by Gasteiger charge is 2.26. The maximum absolute atomic E-state index is 13.1. The molecule has 0 amide bonds. The van der Waals surface area contributed by atoms with Crippen LogP contribution in [0.15, 0.2) is 24.8 Å². The van der Waals surface area contributed by atoms with Crippen LogP contribution in [0.1, 0.15) is 29.9 Å². The molecule has 0 unspecified atom stereocenters. The van der Waals surface area contributed by atoms with Gasteiger partial charge in [0.05, 0.1) is 0 Å². The van der Waals surface area contributed by atoms with Crippen LogP contribution in [0, 0.1) is 11.9 Å². The van der Waals surface area contributed by atoms with E-state index in [0.29, 0.717) is 5.92 Å². The molecule has 1 radical (unpaired) electrons. The predicted octanol–water partition coefficient (Wildman–Crippen LogP) is 3.04. The summed E-state index contributed by atoms with van der Waals surface area (Å²) in [6.07, 6.45) is 5.01. The fraction of sp³-hybridized carbons (Fsp3) is 0.273. The molecule has 0 heterocycles. The Hall–Kier alpha value is -1.11. The van der Waals surface area contributed by atoms with Crippen LogP contribution in [0.5, 0.6) is 0 Å². The number of rotatable bonds is 2. The van der Waals surface area contributed by atoms with Gasteiger partial charge in [-0.25, -0.2) is 4.39 Å². The molecule has 0 saturated heterocycles. The maximum Gasteiger partial charge on any atom is 0.126 e. The Kier molecular flexibility index (Phi) is 1.72. The van der Waals surface area contributed by atoms with E-state index in [2.05, 4.69) is 12.7 Å². The van der Waals surface area contributed by atoms with Gasteiger partial charge in [0.2, 0.25) is 0 Å². The van der Waals surface area contributed by atoms with E-state index in [4.69, 9.17) is 0 Å². The molecule has 0 aromatic heterocycles. The summed E-state index contributed by atoms with van der Waals surface area (Å²) < 4.78 is 13.1. The second-order valence-corrected chi connectivity index (χ2v) is 3.19. The molecular weight excluding hydrogens is 151 g/mol. The van der Waals surface area contributed by atoms with Crippen LogP contribution in [-0.2, 0) is 0 Å². The Morgan fingerprint density at radius 2 is 2.17 bits per heavy atom. The second-order valence-electron chi connectivity index (χ2n) is 3.19. The Balaban J connectivity index is 2.42. The fourth-order valence-electron chi connectivity index (χ4n) is 1.36. The summed E-state index contributed by atoms with van der Waals surface area (Å²) in [5.74, 6) is 0.370. The van der Waals surface area contributed by atoms with E-state index in [1.165, 1.54) is 6.07 Å². The van der Waals surface area contributed by atoms with E-state index < -0.39 is 0 Å². The molecule has 0 atom stereocenters. The van der Waals surface area contributed by atoms with E-state index in [-0.39, 0.29) is 5.82 Å². The van der Waals surface area contributed by atoms with Crippen LogP contribution in [0.2, 0.25) is 0 Å². The lowest BCUT2D eigenvalue weighted by molar-refractivity contribution is 0.610. The molecular formula is C11H10F. The Morgan fingerprint density at radius 3 is 2.75 bits per heavy atom. The molecule has 1 aromatic rings. The van der Waals surface area contributed by atoms with Gasteiger partial charge in [-0.2, -0.15) is 0 Å². The Bertz CT molecular complexity index is 311. The van der Waals surface area contributed by atoms with Gasteiger partial charge in [-0.05, 0) is 48.1 Å². The third-order valence-electron chi connectivity index (χ3n) is 2.22. The first-order valence-electron chi connectivity index (χ1n) is 4.14. The van der Waals surface area contributed by atoms with Crippen molar-refractivity contribution in [2.45, 2.75) is 18.8 Å². The Morgan fingerprint density at radius 1 is 1.42 bits per heavy atom. The van der Waals surface area contributed by atoms with E-state index in [9.17, 15) is 4.39 Å². The lowest BCUT2D eigenvalue weighted by Crippen LogP contribution is -1.87. The Labute approximate surface area is 71.7 Å². The molecule has 61 valence electrons. The van der Waals surface area contributed by atoms with Crippen molar-refractivity contribution in [3.63, 3.8) is 0 Å².